The summed E-state index contributed by atoms with van der Waals surface area (Å²) >= 11 is -3.18. The Morgan fingerprint density at radius 2 is 1.15 bits per heavy atom. The monoisotopic (exact) mass is 732 g/mol. The normalized spacial score (nSPS) is 19.1. The van der Waals surface area contributed by atoms with Gasteiger partial charge in [0, 0.05) is 0 Å². The van der Waals surface area contributed by atoms with E-state index < -0.39 is 15.5 Å². The SMILES string of the molecule is CCCCC1C=C(C(C)(C)C)C=[C]1[Zn](=[C](c1ccccc1)c1ccccc1)[CH]1c2cc3c(cc2-c2cc4c(cc21)C(C)(C)C=C4C)C(C)=CC3(C)C. The molecule has 0 fully saturated rings. The van der Waals surface area contributed by atoms with Crippen molar-refractivity contribution < 1.29 is 15.5 Å². The molecule has 8 rings (SSSR count). The van der Waals surface area contributed by atoms with Gasteiger partial charge in [0.05, 0.1) is 0 Å². The van der Waals surface area contributed by atoms with E-state index in [0.717, 1.165) is 0 Å². The number of unbranched alkanes of at least 4 members (excludes halogenated alkanes) is 1. The summed E-state index contributed by atoms with van der Waals surface area (Å²) in [7, 11) is 0. The van der Waals surface area contributed by atoms with Gasteiger partial charge in [-0.3, -0.25) is 0 Å². The third-order valence-corrected chi connectivity index (χ3v) is 23.5. The van der Waals surface area contributed by atoms with Gasteiger partial charge in [0.25, 0.3) is 0 Å². The maximum atomic E-state index is 2.75. The Morgan fingerprint density at radius 3 is 1.60 bits per heavy atom. The Hall–Kier alpha value is -3.67. The quantitative estimate of drug-likeness (QED) is 0.166. The molecule has 4 aliphatic rings. The molecule has 0 amide bonds. The molecule has 4 aliphatic carbocycles. The number of rotatable bonds is 7. The molecule has 262 valence electrons. The van der Waals surface area contributed by atoms with Gasteiger partial charge in [-0.15, -0.1) is 0 Å². The summed E-state index contributed by atoms with van der Waals surface area (Å²) in [6.45, 7) is 23.9. The molecule has 0 heterocycles. The third-order valence-electron chi connectivity index (χ3n) is 13.2. The topological polar surface area (TPSA) is 0 Å². The second-order valence-corrected chi connectivity index (χ2v) is 26.1. The van der Waals surface area contributed by atoms with Crippen molar-refractivity contribution in [3.63, 3.8) is 0 Å². The van der Waals surface area contributed by atoms with Crippen molar-refractivity contribution in [2.75, 3.05) is 0 Å². The summed E-state index contributed by atoms with van der Waals surface area (Å²) < 4.78 is 3.84. The van der Waals surface area contributed by atoms with E-state index in [4.69, 9.17) is 0 Å². The number of allylic oxidation sites excluding steroid dienone is 8. The van der Waals surface area contributed by atoms with E-state index >= 15 is 0 Å². The van der Waals surface area contributed by atoms with Crippen LogP contribution in [0.2, 0.25) is 0 Å². The molecule has 0 saturated heterocycles. The Kier molecular flexibility index (Phi) is 8.66. The van der Waals surface area contributed by atoms with Gasteiger partial charge >= 0.3 is 321 Å². The summed E-state index contributed by atoms with van der Waals surface area (Å²) in [6, 6.07) is 33.7. The van der Waals surface area contributed by atoms with Crippen LogP contribution in [-0.2, 0) is 26.3 Å². The molecule has 4 aromatic rings. The Bertz CT molecular complexity index is 2130. The predicted molar refractivity (Wildman–Crippen MR) is 222 cm³/mol. The van der Waals surface area contributed by atoms with Crippen molar-refractivity contribution in [3.05, 3.63) is 163 Å². The van der Waals surface area contributed by atoms with Gasteiger partial charge in [-0.05, 0) is 0 Å². The molecule has 1 heteroatoms. The molecule has 0 bridgehead atoms. The summed E-state index contributed by atoms with van der Waals surface area (Å²) in [5.74, 6) is 0.494. The van der Waals surface area contributed by atoms with E-state index in [2.05, 4.69) is 178 Å². The van der Waals surface area contributed by atoms with E-state index in [1.807, 2.05) is 0 Å². The second-order valence-electron chi connectivity index (χ2n) is 18.8. The molecule has 0 aliphatic heterocycles. The predicted octanol–water partition coefficient (Wildman–Crippen LogP) is 13.7. The van der Waals surface area contributed by atoms with Crippen LogP contribution in [0.3, 0.4) is 0 Å². The first kappa shape index (κ1) is 35.4. The zero-order chi connectivity index (χ0) is 36.7. The first-order chi connectivity index (χ1) is 24.7. The zero-order valence-electron chi connectivity index (χ0n) is 33.4. The van der Waals surface area contributed by atoms with Crippen LogP contribution >= 0.6 is 0 Å². The molecule has 0 saturated carbocycles. The number of hydrogen-bond acceptors (Lipinski definition) is 0. The average Bonchev–Trinajstić information content (AvgIpc) is 3.80. The van der Waals surface area contributed by atoms with Gasteiger partial charge in [-0.2, -0.15) is 0 Å². The summed E-state index contributed by atoms with van der Waals surface area (Å²) in [6.07, 6.45) is 14.2. The van der Waals surface area contributed by atoms with Crippen LogP contribution in [0.1, 0.15) is 138 Å². The van der Waals surface area contributed by atoms with Crippen molar-refractivity contribution in [2.24, 2.45) is 11.3 Å². The minimum atomic E-state index is -3.18. The molecule has 1 unspecified atom stereocenters. The van der Waals surface area contributed by atoms with Gasteiger partial charge in [-0.1, -0.05) is 0 Å². The third kappa shape index (κ3) is 5.78. The van der Waals surface area contributed by atoms with E-state index in [1.165, 1.54) is 80.5 Å². The van der Waals surface area contributed by atoms with Crippen LogP contribution in [0.4, 0.5) is 0 Å². The van der Waals surface area contributed by atoms with Crippen LogP contribution in [-0.4, -0.2) is 4.11 Å². The number of hydrogen-bond donors (Lipinski definition) is 0. The van der Waals surface area contributed by atoms with E-state index in [0.29, 0.717) is 10.4 Å². The number of fused-ring (bicyclic) bond motifs is 5. The van der Waals surface area contributed by atoms with Crippen LogP contribution in [0.15, 0.2) is 119 Å². The first-order valence-corrected chi connectivity index (χ1v) is 24.8. The summed E-state index contributed by atoms with van der Waals surface area (Å²) in [4.78, 5) is 0. The van der Waals surface area contributed by atoms with Crippen LogP contribution < -0.4 is 0 Å². The van der Waals surface area contributed by atoms with Gasteiger partial charge in [-0.25, -0.2) is 0 Å². The standard InChI is InChI=1S/C25H25.C13H10.C13H21.Zn/c1-14-12-24(3,4)22-8-16-7-17-9-23-19(15(2)13-25(23,5)6)11-21(17)20(16)10-18(14)22;1-3-7-12(8-4-1)11-13-9-5-2-6-10-13;1-5-6-7-11-8-9-12(10-11)13(2,3)4;/h7-13H,1-6H3;1-10H;9-11H,5-7H2,1-4H3;. The van der Waals surface area contributed by atoms with Crippen molar-refractivity contribution in [1.29, 1.82) is 0 Å². The van der Waals surface area contributed by atoms with Gasteiger partial charge < -0.3 is 0 Å². The van der Waals surface area contributed by atoms with Crippen LogP contribution in [0.5, 0.6) is 0 Å². The van der Waals surface area contributed by atoms with Crippen molar-refractivity contribution in [1.82, 2.24) is 0 Å². The average molecular weight is 734 g/mol. The van der Waals surface area contributed by atoms with E-state index in [1.54, 1.807) is 19.4 Å². The Labute approximate surface area is 318 Å². The molecular formula is C51H56Zn. The van der Waals surface area contributed by atoms with Crippen LogP contribution in [0.25, 0.3) is 22.3 Å². The Morgan fingerprint density at radius 1 is 0.673 bits per heavy atom. The molecule has 0 N–H and O–H groups in total. The molecule has 4 aromatic carbocycles. The van der Waals surface area contributed by atoms with E-state index in [9.17, 15) is 0 Å². The fourth-order valence-electron chi connectivity index (χ4n) is 10.8. The first-order valence-electron chi connectivity index (χ1n) is 20.1. The molecule has 52 heavy (non-hydrogen) atoms. The number of benzene rings is 4. The van der Waals surface area contributed by atoms with Crippen molar-refractivity contribution in [2.45, 2.75) is 104 Å². The molecule has 0 spiro atoms. The minimum absolute atomic E-state index is 0.0182. The summed E-state index contributed by atoms with van der Waals surface area (Å²) in [5, 5.41) is 0. The van der Waals surface area contributed by atoms with Crippen molar-refractivity contribution in [3.8, 4) is 11.1 Å². The van der Waals surface area contributed by atoms with Gasteiger partial charge in [0.2, 0.25) is 0 Å². The fraction of sp³-hybridized carbons (Fsp3) is 0.353. The molecule has 1 atom stereocenters. The zero-order valence-corrected chi connectivity index (χ0v) is 36.3. The van der Waals surface area contributed by atoms with E-state index in [-0.39, 0.29) is 16.2 Å². The molecule has 0 radical (unpaired) electrons. The summed E-state index contributed by atoms with van der Waals surface area (Å²) in [5.41, 5.74) is 19.4. The van der Waals surface area contributed by atoms with Gasteiger partial charge in [0.15, 0.2) is 0 Å². The van der Waals surface area contributed by atoms with Gasteiger partial charge in [0.1, 0.15) is 0 Å². The molecule has 0 nitrogen and oxygen atoms in total. The molecule has 0 aromatic heterocycles. The van der Waals surface area contributed by atoms with Crippen LogP contribution in [0, 0.1) is 11.3 Å². The fourth-order valence-corrected chi connectivity index (χ4v) is 22.3. The van der Waals surface area contributed by atoms with Crippen molar-refractivity contribution >= 4 is 15.3 Å². The second kappa shape index (κ2) is 12.7. The Balaban J connectivity index is 1.52. The molecular weight excluding hydrogens is 678 g/mol. The maximum absolute atomic E-state index is 3.18.